The molecule has 0 aliphatic carbocycles. The third-order valence-electron chi connectivity index (χ3n) is 5.71. The second-order valence-corrected chi connectivity index (χ2v) is 8.07. The lowest BCUT2D eigenvalue weighted by Gasteiger charge is -2.26. The van der Waals surface area contributed by atoms with Crippen molar-refractivity contribution in [2.24, 2.45) is 0 Å². The van der Waals surface area contributed by atoms with E-state index in [4.69, 9.17) is 9.47 Å². The molecule has 0 spiro atoms. The minimum absolute atomic E-state index is 0.215. The molecule has 5 heteroatoms. The third-order valence-corrected chi connectivity index (χ3v) is 5.71. The summed E-state index contributed by atoms with van der Waals surface area (Å²) < 4.78 is 11.3. The van der Waals surface area contributed by atoms with Crippen LogP contribution in [0, 0.1) is 0 Å². The molecule has 0 unspecified atom stereocenters. The number of carbonyl (C=O) groups excluding carboxylic acids is 1. The second-order valence-electron chi connectivity index (χ2n) is 8.07. The molecule has 1 aliphatic rings. The zero-order valence-electron chi connectivity index (χ0n) is 18.4. The number of rotatable bonds is 10. The first kappa shape index (κ1) is 22.2. The highest BCUT2D eigenvalue weighted by molar-refractivity contribution is 5.80. The fourth-order valence-corrected chi connectivity index (χ4v) is 3.78. The highest BCUT2D eigenvalue weighted by Gasteiger charge is 2.10. The van der Waals surface area contributed by atoms with Gasteiger partial charge in [-0.1, -0.05) is 48.5 Å². The molecule has 32 heavy (non-hydrogen) atoms. The summed E-state index contributed by atoms with van der Waals surface area (Å²) in [4.78, 5) is 19.2. The molecule has 1 aliphatic heterocycles. The molecule has 0 bridgehead atoms. The van der Waals surface area contributed by atoms with Crippen molar-refractivity contribution in [3.05, 3.63) is 84.2 Å². The summed E-state index contributed by atoms with van der Waals surface area (Å²) in [6, 6.07) is 22.2. The van der Waals surface area contributed by atoms with Crippen molar-refractivity contribution >= 4 is 5.78 Å². The SMILES string of the molecule is O=C(CCc1ccccc1)Cc1ccc(-c2ccc(OCCN3CCOCC3)cc2)cn1. The first-order valence-corrected chi connectivity index (χ1v) is 11.3. The molecule has 1 saturated heterocycles. The summed E-state index contributed by atoms with van der Waals surface area (Å²) in [5.74, 6) is 1.09. The minimum Gasteiger partial charge on any atom is -0.492 e. The van der Waals surface area contributed by atoms with Crippen LogP contribution in [0.15, 0.2) is 72.9 Å². The van der Waals surface area contributed by atoms with Gasteiger partial charge in [0.05, 0.1) is 13.2 Å². The zero-order valence-corrected chi connectivity index (χ0v) is 18.4. The fraction of sp³-hybridized carbons (Fsp3) is 0.333. The lowest BCUT2D eigenvalue weighted by Crippen LogP contribution is -2.38. The smallest absolute Gasteiger partial charge is 0.139 e. The lowest BCUT2D eigenvalue weighted by molar-refractivity contribution is -0.118. The molecule has 0 N–H and O–H groups in total. The van der Waals surface area contributed by atoms with Crippen molar-refractivity contribution < 1.29 is 14.3 Å². The quantitative estimate of drug-likeness (QED) is 0.482. The lowest BCUT2D eigenvalue weighted by atomic mass is 10.0. The van der Waals surface area contributed by atoms with Gasteiger partial charge in [-0.2, -0.15) is 0 Å². The van der Waals surface area contributed by atoms with E-state index in [0.717, 1.165) is 61.8 Å². The molecule has 2 aromatic carbocycles. The molecule has 0 radical (unpaired) electrons. The van der Waals surface area contributed by atoms with Crippen LogP contribution in [0.3, 0.4) is 0 Å². The van der Waals surface area contributed by atoms with Crippen LogP contribution in [-0.2, 0) is 22.4 Å². The van der Waals surface area contributed by atoms with Crippen molar-refractivity contribution in [3.8, 4) is 16.9 Å². The number of aromatic nitrogens is 1. The first-order chi connectivity index (χ1) is 15.8. The topological polar surface area (TPSA) is 51.7 Å². The van der Waals surface area contributed by atoms with Crippen LogP contribution in [0.1, 0.15) is 17.7 Å². The number of nitrogens with zero attached hydrogens (tertiary/aromatic N) is 2. The Labute approximate surface area is 190 Å². The van der Waals surface area contributed by atoms with Crippen LogP contribution >= 0.6 is 0 Å². The van der Waals surface area contributed by atoms with Gasteiger partial charge >= 0.3 is 0 Å². The van der Waals surface area contributed by atoms with Crippen LogP contribution in [-0.4, -0.2) is 55.1 Å². The van der Waals surface area contributed by atoms with Gasteiger partial charge in [-0.3, -0.25) is 14.7 Å². The highest BCUT2D eigenvalue weighted by Crippen LogP contribution is 2.22. The highest BCUT2D eigenvalue weighted by atomic mass is 16.5. The maximum absolute atomic E-state index is 12.3. The Morgan fingerprint density at radius 2 is 1.69 bits per heavy atom. The molecule has 166 valence electrons. The second kappa shape index (κ2) is 11.6. The summed E-state index contributed by atoms with van der Waals surface area (Å²) in [7, 11) is 0. The molecule has 1 aromatic heterocycles. The van der Waals surface area contributed by atoms with E-state index in [2.05, 4.69) is 22.0 Å². The Hall–Kier alpha value is -3.02. The normalized spacial score (nSPS) is 14.2. The number of Topliss-reactive ketones (excluding diaryl/α,β-unsaturated/α-hetero) is 1. The van der Waals surface area contributed by atoms with Crippen molar-refractivity contribution in [2.45, 2.75) is 19.3 Å². The summed E-state index contributed by atoms with van der Waals surface area (Å²) in [5, 5.41) is 0. The largest absolute Gasteiger partial charge is 0.492 e. The number of ether oxygens (including phenoxy) is 2. The average Bonchev–Trinajstić information content (AvgIpc) is 2.85. The van der Waals surface area contributed by atoms with E-state index < -0.39 is 0 Å². The number of benzene rings is 2. The van der Waals surface area contributed by atoms with E-state index in [-0.39, 0.29) is 5.78 Å². The zero-order chi connectivity index (χ0) is 22.0. The Bertz CT molecular complexity index is 966. The predicted octanol–water partition coefficient (Wildman–Crippen LogP) is 4.20. The number of pyridine rings is 1. The van der Waals surface area contributed by atoms with Gasteiger partial charge in [0.2, 0.25) is 0 Å². The first-order valence-electron chi connectivity index (χ1n) is 11.3. The summed E-state index contributed by atoms with van der Waals surface area (Å²) >= 11 is 0. The minimum atomic E-state index is 0.215. The number of morpholine rings is 1. The molecular formula is C27H30N2O3. The van der Waals surface area contributed by atoms with E-state index in [1.807, 2.05) is 60.8 Å². The van der Waals surface area contributed by atoms with E-state index in [1.165, 1.54) is 5.56 Å². The molecular weight excluding hydrogens is 400 g/mol. The summed E-state index contributed by atoms with van der Waals surface area (Å²) in [5.41, 5.74) is 4.12. The molecule has 5 nitrogen and oxygen atoms in total. The number of carbonyl (C=O) groups is 1. The van der Waals surface area contributed by atoms with E-state index in [0.29, 0.717) is 19.4 Å². The number of hydrogen-bond acceptors (Lipinski definition) is 5. The maximum atomic E-state index is 12.3. The van der Waals surface area contributed by atoms with Gasteiger partial charge in [-0.05, 0) is 35.7 Å². The summed E-state index contributed by atoms with van der Waals surface area (Å²) in [6.07, 6.45) is 3.54. The van der Waals surface area contributed by atoms with Gasteiger partial charge in [0, 0.05) is 49.9 Å². The molecule has 4 rings (SSSR count). The van der Waals surface area contributed by atoms with Gasteiger partial charge in [-0.25, -0.2) is 0 Å². The monoisotopic (exact) mass is 430 g/mol. The van der Waals surface area contributed by atoms with Crippen LogP contribution < -0.4 is 4.74 Å². The molecule has 0 atom stereocenters. The van der Waals surface area contributed by atoms with Crippen molar-refractivity contribution in [1.82, 2.24) is 9.88 Å². The fourth-order valence-electron chi connectivity index (χ4n) is 3.78. The number of aryl methyl sites for hydroxylation is 1. The molecule has 2 heterocycles. The van der Waals surface area contributed by atoms with Crippen LogP contribution in [0.25, 0.3) is 11.1 Å². The molecule has 3 aromatic rings. The third kappa shape index (κ3) is 6.74. The Balaban J connectivity index is 1.23. The van der Waals surface area contributed by atoms with Crippen molar-refractivity contribution in [1.29, 1.82) is 0 Å². The van der Waals surface area contributed by atoms with Crippen molar-refractivity contribution in [3.63, 3.8) is 0 Å². The Kier molecular flexibility index (Phi) is 8.01. The number of ketones is 1. The molecule has 0 amide bonds. The molecule has 1 fully saturated rings. The van der Waals surface area contributed by atoms with E-state index in [9.17, 15) is 4.79 Å². The van der Waals surface area contributed by atoms with Gasteiger partial charge < -0.3 is 9.47 Å². The van der Waals surface area contributed by atoms with Gasteiger partial charge in [0.1, 0.15) is 18.1 Å². The van der Waals surface area contributed by atoms with Gasteiger partial charge in [0.15, 0.2) is 0 Å². The average molecular weight is 431 g/mol. The summed E-state index contributed by atoms with van der Waals surface area (Å²) in [6.45, 7) is 5.16. The van der Waals surface area contributed by atoms with Crippen molar-refractivity contribution in [2.75, 3.05) is 39.5 Å². The predicted molar refractivity (Wildman–Crippen MR) is 126 cm³/mol. The van der Waals surface area contributed by atoms with Crippen LogP contribution in [0.5, 0.6) is 5.75 Å². The van der Waals surface area contributed by atoms with Crippen LogP contribution in [0.2, 0.25) is 0 Å². The van der Waals surface area contributed by atoms with Crippen LogP contribution in [0.4, 0.5) is 0 Å². The molecule has 0 saturated carbocycles. The Morgan fingerprint density at radius 1 is 0.938 bits per heavy atom. The van der Waals surface area contributed by atoms with Gasteiger partial charge in [-0.15, -0.1) is 0 Å². The number of hydrogen-bond donors (Lipinski definition) is 0. The van der Waals surface area contributed by atoms with E-state index in [1.54, 1.807) is 0 Å². The maximum Gasteiger partial charge on any atom is 0.139 e. The standard InChI is InChI=1S/C27H30N2O3/c30-26(11-6-22-4-2-1-3-5-22)20-25-10-7-24(21-28-25)23-8-12-27(13-9-23)32-19-16-29-14-17-31-18-15-29/h1-5,7-10,12-13,21H,6,11,14-20H2. The van der Waals surface area contributed by atoms with E-state index >= 15 is 0 Å². The van der Waals surface area contributed by atoms with Gasteiger partial charge in [0.25, 0.3) is 0 Å². The Morgan fingerprint density at radius 3 is 2.41 bits per heavy atom.